The van der Waals surface area contributed by atoms with Crippen molar-refractivity contribution in [3.63, 3.8) is 0 Å². The standard InChI is InChI=1S/C19H21F3N2O2S/c1-2-7-18-14-5-3-12(8-14)17(18)11-24(27(18,25)26)15-6-4-13(10-23)16(9-15)19(20,21)22/h2,4,6,9,12,14,17,25-26H,1,3,5,7-8,11H2/t12-,14+,17-,18+/m0/s1. The molecule has 2 bridgehead atoms. The minimum absolute atomic E-state index is 0.0317. The molecule has 146 valence electrons. The summed E-state index contributed by atoms with van der Waals surface area (Å²) < 4.78 is 63.2. The summed E-state index contributed by atoms with van der Waals surface area (Å²) in [5.41, 5.74) is -1.41. The third kappa shape index (κ3) is 2.38. The smallest absolute Gasteiger partial charge is 0.281 e. The Morgan fingerprint density at radius 1 is 1.37 bits per heavy atom. The van der Waals surface area contributed by atoms with Crippen molar-refractivity contribution in [2.45, 2.75) is 36.6 Å². The van der Waals surface area contributed by atoms with Crippen molar-refractivity contribution in [1.82, 2.24) is 0 Å². The Balaban J connectivity index is 1.80. The highest BCUT2D eigenvalue weighted by molar-refractivity contribution is 8.26. The molecule has 1 aromatic rings. The fourth-order valence-electron chi connectivity index (χ4n) is 5.67. The van der Waals surface area contributed by atoms with Crippen LogP contribution in [-0.4, -0.2) is 20.4 Å². The molecular formula is C19H21F3N2O2S. The molecule has 3 fully saturated rings. The van der Waals surface area contributed by atoms with E-state index >= 15 is 0 Å². The van der Waals surface area contributed by atoms with Crippen molar-refractivity contribution in [3.8, 4) is 6.07 Å². The number of rotatable bonds is 3. The summed E-state index contributed by atoms with van der Waals surface area (Å²) >= 11 is 0. The van der Waals surface area contributed by atoms with Crippen LogP contribution in [0.15, 0.2) is 30.9 Å². The Kier molecular flexibility index (Phi) is 4.08. The van der Waals surface area contributed by atoms with Crippen molar-refractivity contribution in [2.75, 3.05) is 10.8 Å². The number of benzene rings is 1. The third-order valence-corrected chi connectivity index (χ3v) is 9.52. The lowest BCUT2D eigenvalue weighted by atomic mass is 9.76. The molecule has 0 amide bonds. The van der Waals surface area contributed by atoms with E-state index < -0.39 is 32.8 Å². The molecule has 27 heavy (non-hydrogen) atoms. The molecular weight excluding hydrogens is 377 g/mol. The van der Waals surface area contributed by atoms with Crippen LogP contribution in [0.25, 0.3) is 0 Å². The van der Waals surface area contributed by atoms with E-state index in [1.165, 1.54) is 10.4 Å². The summed E-state index contributed by atoms with van der Waals surface area (Å²) in [7, 11) is -3.34. The molecule has 0 unspecified atom stereocenters. The van der Waals surface area contributed by atoms with Crippen LogP contribution in [0.4, 0.5) is 18.9 Å². The first-order chi connectivity index (χ1) is 12.7. The maximum absolute atomic E-state index is 13.4. The number of alkyl halides is 3. The van der Waals surface area contributed by atoms with E-state index in [0.29, 0.717) is 18.9 Å². The minimum Gasteiger partial charge on any atom is -0.281 e. The molecule has 8 heteroatoms. The van der Waals surface area contributed by atoms with Crippen molar-refractivity contribution < 1.29 is 22.3 Å². The molecule has 4 rings (SSSR count). The van der Waals surface area contributed by atoms with Crippen LogP contribution in [-0.2, 0) is 6.18 Å². The minimum atomic E-state index is -4.68. The van der Waals surface area contributed by atoms with Crippen molar-refractivity contribution >= 4 is 16.5 Å². The fourth-order valence-corrected chi connectivity index (χ4v) is 8.53. The van der Waals surface area contributed by atoms with Crippen LogP contribution in [0.3, 0.4) is 0 Å². The van der Waals surface area contributed by atoms with Crippen LogP contribution in [0.2, 0.25) is 0 Å². The molecule has 4 atom stereocenters. The third-order valence-electron chi connectivity index (χ3n) is 6.72. The van der Waals surface area contributed by atoms with E-state index in [4.69, 9.17) is 5.26 Å². The van der Waals surface area contributed by atoms with Gasteiger partial charge >= 0.3 is 6.18 Å². The van der Waals surface area contributed by atoms with E-state index in [9.17, 15) is 22.3 Å². The lowest BCUT2D eigenvalue weighted by Crippen LogP contribution is -2.44. The molecule has 1 aliphatic heterocycles. The van der Waals surface area contributed by atoms with Gasteiger partial charge in [-0.15, -0.1) is 17.4 Å². The van der Waals surface area contributed by atoms with E-state index in [1.54, 1.807) is 12.1 Å². The van der Waals surface area contributed by atoms with Gasteiger partial charge in [0.2, 0.25) is 0 Å². The highest BCUT2D eigenvalue weighted by Crippen LogP contribution is 2.77. The van der Waals surface area contributed by atoms with Crippen molar-refractivity contribution in [3.05, 3.63) is 42.0 Å². The van der Waals surface area contributed by atoms with Gasteiger partial charge in [0.05, 0.1) is 27.6 Å². The SMILES string of the molecule is C=CC[C@@]12[C@@H]3CC[C@@H](C3)[C@@H]1CN(c1ccc(C#N)c(C(F)(F)F)c1)S2(O)O. The van der Waals surface area contributed by atoms with Crippen molar-refractivity contribution in [1.29, 1.82) is 5.26 Å². The second kappa shape index (κ2) is 5.90. The number of hydrogen-bond acceptors (Lipinski definition) is 4. The fraction of sp³-hybridized carbons (Fsp3) is 0.526. The highest BCUT2D eigenvalue weighted by atomic mass is 32.3. The average Bonchev–Trinajstić information content (AvgIpc) is 3.25. The van der Waals surface area contributed by atoms with E-state index in [0.717, 1.165) is 31.4 Å². The molecule has 2 aliphatic carbocycles. The van der Waals surface area contributed by atoms with Gasteiger partial charge in [-0.2, -0.15) is 18.4 Å². The highest BCUT2D eigenvalue weighted by Gasteiger charge is 2.69. The quantitative estimate of drug-likeness (QED) is 0.667. The summed E-state index contributed by atoms with van der Waals surface area (Å²) in [5.74, 6) is 0.553. The summed E-state index contributed by atoms with van der Waals surface area (Å²) in [6, 6.07) is 4.92. The lowest BCUT2D eigenvalue weighted by Gasteiger charge is -2.53. The number of allylic oxidation sites excluding steroid dienone is 1. The molecule has 1 aromatic carbocycles. The van der Waals surface area contributed by atoms with Crippen LogP contribution < -0.4 is 4.31 Å². The predicted octanol–water partition coefficient (Wildman–Crippen LogP) is 5.42. The Bertz CT molecular complexity index is 835. The van der Waals surface area contributed by atoms with Crippen LogP contribution in [0, 0.1) is 29.1 Å². The lowest BCUT2D eigenvalue weighted by molar-refractivity contribution is -0.137. The molecule has 2 saturated carbocycles. The first-order valence-corrected chi connectivity index (χ1v) is 10.4. The van der Waals surface area contributed by atoms with Gasteiger partial charge in [0, 0.05) is 12.5 Å². The molecule has 2 N–H and O–H groups in total. The summed E-state index contributed by atoms with van der Waals surface area (Å²) in [6.45, 7) is 4.10. The Hall–Kier alpha value is -1.69. The predicted molar refractivity (Wildman–Crippen MR) is 98.2 cm³/mol. The zero-order chi connectivity index (χ0) is 19.6. The normalized spacial score (nSPS) is 35.0. The zero-order valence-corrected chi connectivity index (χ0v) is 15.4. The van der Waals surface area contributed by atoms with Gasteiger partial charge in [0.15, 0.2) is 0 Å². The summed E-state index contributed by atoms with van der Waals surface area (Å²) in [5, 5.41) is 8.99. The second-order valence-corrected chi connectivity index (χ2v) is 9.98. The van der Waals surface area contributed by atoms with Gasteiger partial charge in [-0.3, -0.25) is 13.4 Å². The van der Waals surface area contributed by atoms with Gasteiger partial charge in [-0.05, 0) is 55.7 Å². The topological polar surface area (TPSA) is 67.5 Å². The Morgan fingerprint density at radius 2 is 2.11 bits per heavy atom. The second-order valence-electron chi connectivity index (χ2n) is 7.74. The maximum atomic E-state index is 13.4. The molecule has 0 aromatic heterocycles. The van der Waals surface area contributed by atoms with E-state index in [1.807, 2.05) is 0 Å². The number of nitrogens with zero attached hydrogens (tertiary/aromatic N) is 2. The maximum Gasteiger partial charge on any atom is 0.417 e. The van der Waals surface area contributed by atoms with Crippen molar-refractivity contribution in [2.24, 2.45) is 17.8 Å². The zero-order valence-electron chi connectivity index (χ0n) is 14.6. The number of fused-ring (bicyclic) bond motifs is 5. The Labute approximate surface area is 157 Å². The van der Waals surface area contributed by atoms with Gasteiger partial charge in [-0.25, -0.2) is 0 Å². The van der Waals surface area contributed by atoms with Gasteiger partial charge in [0.1, 0.15) is 0 Å². The molecule has 3 aliphatic rings. The summed E-state index contributed by atoms with van der Waals surface area (Å²) in [6.07, 6.45) is 0.352. The van der Waals surface area contributed by atoms with E-state index in [-0.39, 0.29) is 17.5 Å². The first-order valence-electron chi connectivity index (χ1n) is 8.94. The molecule has 1 heterocycles. The molecule has 4 nitrogen and oxygen atoms in total. The number of hydrogen-bond donors (Lipinski definition) is 2. The van der Waals surface area contributed by atoms with Gasteiger partial charge in [0.25, 0.3) is 0 Å². The number of anilines is 1. The monoisotopic (exact) mass is 398 g/mol. The Morgan fingerprint density at radius 3 is 2.74 bits per heavy atom. The van der Waals surface area contributed by atoms with E-state index in [2.05, 4.69) is 6.58 Å². The van der Waals surface area contributed by atoms with Gasteiger partial charge < -0.3 is 0 Å². The van der Waals surface area contributed by atoms with Crippen LogP contribution >= 0.6 is 10.8 Å². The van der Waals surface area contributed by atoms with Crippen LogP contribution in [0.5, 0.6) is 0 Å². The summed E-state index contributed by atoms with van der Waals surface area (Å²) in [4.78, 5) is 0. The largest absolute Gasteiger partial charge is 0.417 e. The average molecular weight is 398 g/mol. The van der Waals surface area contributed by atoms with Crippen LogP contribution in [0.1, 0.15) is 36.8 Å². The number of nitriles is 1. The number of halogens is 3. The van der Waals surface area contributed by atoms with Gasteiger partial charge in [-0.1, -0.05) is 6.08 Å². The molecule has 0 spiro atoms. The molecule has 0 radical (unpaired) electrons. The first kappa shape index (κ1) is 18.7. The molecule has 1 saturated heterocycles.